The highest BCUT2D eigenvalue weighted by Crippen LogP contribution is 2.34. The molecule has 0 spiro atoms. The number of nitrogens with two attached hydrogens (primary N) is 1. The average molecular weight is 272 g/mol. The van der Waals surface area contributed by atoms with E-state index in [1.165, 1.54) is 0 Å². The van der Waals surface area contributed by atoms with Gasteiger partial charge in [0.05, 0.1) is 0 Å². The molecule has 0 aliphatic carbocycles. The van der Waals surface area contributed by atoms with Crippen molar-refractivity contribution < 1.29 is 4.79 Å². The van der Waals surface area contributed by atoms with E-state index in [4.69, 9.17) is 5.73 Å². The number of amidine groups is 1. The summed E-state index contributed by atoms with van der Waals surface area (Å²) < 4.78 is 0. The average Bonchev–Trinajstić information content (AvgIpc) is 2.64. The van der Waals surface area contributed by atoms with Gasteiger partial charge in [-0.15, -0.1) is 6.58 Å². The third kappa shape index (κ3) is 2.05. The van der Waals surface area contributed by atoms with E-state index in [2.05, 4.69) is 11.6 Å². The highest BCUT2D eigenvalue weighted by atomic mass is 16.2. The van der Waals surface area contributed by atoms with E-state index in [9.17, 15) is 4.79 Å². The van der Waals surface area contributed by atoms with Crippen LogP contribution >= 0.6 is 0 Å². The second-order valence-electron chi connectivity index (χ2n) is 5.19. The molecule has 1 unspecified atom stereocenters. The largest absolute Gasteiger partial charge is 0.385 e. The van der Waals surface area contributed by atoms with E-state index in [1.807, 2.05) is 50.2 Å². The number of hydrogen-bond donors (Lipinski definition) is 1. The molecule has 1 aromatic rings. The Morgan fingerprint density at radius 2 is 2.00 bits per heavy atom. The molecule has 1 aliphatic heterocycles. The zero-order valence-electron chi connectivity index (χ0n) is 12.1. The minimum Gasteiger partial charge on any atom is -0.385 e. The molecule has 1 aromatic carbocycles. The number of carbonyl (C=O) groups excluding carboxylic acids is 1. The van der Waals surface area contributed by atoms with Crippen LogP contribution in [0.5, 0.6) is 0 Å². The molecule has 0 radical (unpaired) electrons. The first-order valence-electron chi connectivity index (χ1n) is 6.46. The summed E-state index contributed by atoms with van der Waals surface area (Å²) in [4.78, 5) is 19.5. The maximum absolute atomic E-state index is 11.9. The first-order valence-corrected chi connectivity index (χ1v) is 6.46. The Hall–Kier alpha value is -2.30. The summed E-state index contributed by atoms with van der Waals surface area (Å²) in [5, 5.41) is 0. The summed E-state index contributed by atoms with van der Waals surface area (Å²) in [5.41, 5.74) is 7.32. The Labute approximate surface area is 119 Å². The topological polar surface area (TPSA) is 61.9 Å². The lowest BCUT2D eigenvalue weighted by molar-refractivity contribution is 0.188. The molecule has 2 rings (SSSR count). The second-order valence-corrected chi connectivity index (χ2v) is 5.19. The molecule has 0 saturated heterocycles. The van der Waals surface area contributed by atoms with Crippen LogP contribution < -0.4 is 10.6 Å². The van der Waals surface area contributed by atoms with Crippen molar-refractivity contribution in [1.82, 2.24) is 4.90 Å². The van der Waals surface area contributed by atoms with Crippen molar-refractivity contribution in [2.45, 2.75) is 12.5 Å². The van der Waals surface area contributed by atoms with Crippen LogP contribution in [0.2, 0.25) is 0 Å². The normalized spacial score (nSPS) is 21.9. The van der Waals surface area contributed by atoms with E-state index in [0.29, 0.717) is 12.4 Å². The number of nitrogens with zero attached hydrogens (tertiary/aromatic N) is 3. The van der Waals surface area contributed by atoms with Crippen molar-refractivity contribution in [3.8, 4) is 0 Å². The molecule has 2 amide bonds. The van der Waals surface area contributed by atoms with Gasteiger partial charge in [-0.25, -0.2) is 4.79 Å². The van der Waals surface area contributed by atoms with Crippen molar-refractivity contribution >= 4 is 17.6 Å². The molecule has 106 valence electrons. The molecule has 5 heteroatoms. The van der Waals surface area contributed by atoms with Gasteiger partial charge in [0.25, 0.3) is 0 Å². The summed E-state index contributed by atoms with van der Waals surface area (Å²) in [6.07, 6.45) is 1.68. The van der Waals surface area contributed by atoms with Crippen molar-refractivity contribution in [1.29, 1.82) is 0 Å². The summed E-state index contributed by atoms with van der Waals surface area (Å²) in [6.45, 7) is 6.01. The van der Waals surface area contributed by atoms with Gasteiger partial charge in [0.1, 0.15) is 11.4 Å². The number of rotatable bonds is 4. The second kappa shape index (κ2) is 5.00. The quantitative estimate of drug-likeness (QED) is 0.852. The number of carbonyl (C=O) groups is 1. The molecule has 0 bridgehead atoms. The molecule has 1 atom stereocenters. The molecular formula is C15H20N4O. The van der Waals surface area contributed by atoms with Gasteiger partial charge >= 0.3 is 6.03 Å². The Morgan fingerprint density at radius 1 is 1.40 bits per heavy atom. The number of anilines is 1. The number of amides is 2. The fraction of sp³-hybridized carbons (Fsp3) is 0.333. The lowest BCUT2D eigenvalue weighted by Gasteiger charge is -2.34. The molecule has 0 fully saturated rings. The Kier molecular flexibility index (Phi) is 3.53. The van der Waals surface area contributed by atoms with Gasteiger partial charge < -0.3 is 15.5 Å². The summed E-state index contributed by atoms with van der Waals surface area (Å²) in [6, 6.07) is 7.64. The summed E-state index contributed by atoms with van der Waals surface area (Å²) in [7, 11) is 3.96. The zero-order valence-corrected chi connectivity index (χ0v) is 12.1. The Balaban J connectivity index is 2.44. The van der Waals surface area contributed by atoms with E-state index >= 15 is 0 Å². The third-order valence-corrected chi connectivity index (χ3v) is 3.74. The van der Waals surface area contributed by atoms with Crippen LogP contribution in [0.4, 0.5) is 10.5 Å². The van der Waals surface area contributed by atoms with E-state index in [1.54, 1.807) is 11.0 Å². The smallest absolute Gasteiger partial charge is 0.346 e. The summed E-state index contributed by atoms with van der Waals surface area (Å²) >= 11 is 0. The predicted octanol–water partition coefficient (Wildman–Crippen LogP) is 1.95. The van der Waals surface area contributed by atoms with Gasteiger partial charge in [-0.2, -0.15) is 4.99 Å². The lowest BCUT2D eigenvalue weighted by Crippen LogP contribution is -2.49. The Morgan fingerprint density at radius 3 is 2.50 bits per heavy atom. The molecule has 1 aliphatic rings. The van der Waals surface area contributed by atoms with E-state index in [0.717, 1.165) is 11.3 Å². The monoisotopic (exact) mass is 272 g/mol. The van der Waals surface area contributed by atoms with Gasteiger partial charge in [0.2, 0.25) is 0 Å². The van der Waals surface area contributed by atoms with Gasteiger partial charge in [-0.1, -0.05) is 18.2 Å². The van der Waals surface area contributed by atoms with Crippen LogP contribution in [0.3, 0.4) is 0 Å². The van der Waals surface area contributed by atoms with Gasteiger partial charge in [-0.05, 0) is 24.6 Å². The van der Waals surface area contributed by atoms with Crippen molar-refractivity contribution in [2.24, 2.45) is 10.7 Å². The third-order valence-electron chi connectivity index (χ3n) is 3.74. The first kappa shape index (κ1) is 14.1. The van der Waals surface area contributed by atoms with Gasteiger partial charge in [-0.3, -0.25) is 0 Å². The van der Waals surface area contributed by atoms with E-state index < -0.39 is 5.54 Å². The van der Waals surface area contributed by atoms with Crippen LogP contribution in [0.15, 0.2) is 41.9 Å². The standard InChI is InChI=1S/C15H20N4O/c1-5-10-19-14(20)17-13(16)15(19,2)11-6-8-12(9-7-11)18(3)4/h5-9H,1,10H2,2-4H3,(H2,16,17,20). The number of urea groups is 1. The molecule has 2 N–H and O–H groups in total. The maximum atomic E-state index is 11.9. The number of benzene rings is 1. The zero-order chi connectivity index (χ0) is 14.9. The van der Waals surface area contributed by atoms with Crippen LogP contribution in [-0.2, 0) is 5.54 Å². The van der Waals surface area contributed by atoms with Crippen LogP contribution in [-0.4, -0.2) is 37.4 Å². The maximum Gasteiger partial charge on any atom is 0.346 e. The molecule has 1 heterocycles. The van der Waals surface area contributed by atoms with Gasteiger partial charge in [0.15, 0.2) is 0 Å². The van der Waals surface area contributed by atoms with Crippen molar-refractivity contribution in [3.05, 3.63) is 42.5 Å². The number of hydrogen-bond acceptors (Lipinski definition) is 3. The van der Waals surface area contributed by atoms with Gasteiger partial charge in [0, 0.05) is 26.3 Å². The summed E-state index contributed by atoms with van der Waals surface area (Å²) in [5.74, 6) is 0.321. The highest BCUT2D eigenvalue weighted by molar-refractivity contribution is 6.06. The van der Waals surface area contributed by atoms with Crippen molar-refractivity contribution in [2.75, 3.05) is 25.5 Å². The lowest BCUT2D eigenvalue weighted by atomic mass is 9.89. The van der Waals surface area contributed by atoms with Crippen molar-refractivity contribution in [3.63, 3.8) is 0 Å². The Bertz CT molecular complexity index is 562. The minimum absolute atomic E-state index is 0.318. The fourth-order valence-electron chi connectivity index (χ4n) is 2.38. The van der Waals surface area contributed by atoms with E-state index in [-0.39, 0.29) is 6.03 Å². The first-order chi connectivity index (χ1) is 9.41. The molecule has 0 saturated carbocycles. The van der Waals surface area contributed by atoms with Crippen LogP contribution in [0.25, 0.3) is 0 Å². The van der Waals surface area contributed by atoms with Crippen LogP contribution in [0, 0.1) is 0 Å². The fourth-order valence-corrected chi connectivity index (χ4v) is 2.38. The SMILES string of the molecule is C=CCN1C(=O)N=C(N)C1(C)c1ccc(N(C)C)cc1. The predicted molar refractivity (Wildman–Crippen MR) is 82.0 cm³/mol. The molecule has 20 heavy (non-hydrogen) atoms. The number of aliphatic imine (C=N–C) groups is 1. The highest BCUT2D eigenvalue weighted by Gasteiger charge is 2.45. The molecule has 5 nitrogen and oxygen atoms in total. The molecular weight excluding hydrogens is 252 g/mol. The minimum atomic E-state index is -0.712. The van der Waals surface area contributed by atoms with Crippen LogP contribution in [0.1, 0.15) is 12.5 Å². The molecule has 0 aromatic heterocycles.